The minimum absolute atomic E-state index is 0.269. The van der Waals surface area contributed by atoms with E-state index in [1.165, 1.54) is 0 Å². The monoisotopic (exact) mass is 310 g/mol. The summed E-state index contributed by atoms with van der Waals surface area (Å²) < 4.78 is 0. The molecule has 2 rings (SSSR count). The van der Waals surface area contributed by atoms with Crippen LogP contribution in [0, 0.1) is 0 Å². The van der Waals surface area contributed by atoms with Crippen LogP contribution < -0.4 is 11.5 Å². The van der Waals surface area contributed by atoms with Gasteiger partial charge in [-0.25, -0.2) is 0 Å². The number of nitrogens with two attached hydrogens (primary N) is 2. The van der Waals surface area contributed by atoms with Crippen molar-refractivity contribution in [2.24, 2.45) is 0 Å². The Morgan fingerprint density at radius 2 is 1.57 bits per heavy atom. The van der Waals surface area contributed by atoms with Crippen molar-refractivity contribution in [2.75, 3.05) is 18.1 Å². The molecule has 23 heavy (non-hydrogen) atoms. The van der Waals surface area contributed by atoms with Gasteiger partial charge in [0, 0.05) is 6.61 Å². The van der Waals surface area contributed by atoms with Crippen LogP contribution in [0.25, 0.3) is 12.2 Å². The van der Waals surface area contributed by atoms with Gasteiger partial charge in [0.25, 0.3) is 0 Å². The lowest BCUT2D eigenvalue weighted by atomic mass is 9.97. The van der Waals surface area contributed by atoms with Crippen molar-refractivity contribution in [3.63, 3.8) is 0 Å². The maximum Gasteiger partial charge on any atom is 0.0586 e. The molecule has 2 aromatic carbocycles. The van der Waals surface area contributed by atoms with E-state index in [0.29, 0.717) is 11.4 Å². The maximum atomic E-state index is 8.84. The van der Waals surface area contributed by atoms with E-state index in [2.05, 4.69) is 24.3 Å². The van der Waals surface area contributed by atoms with Crippen LogP contribution in [-0.2, 0) is 6.42 Å². The molecular formula is C20H26N2O. The standard InChI is InChI=1S/C20H26N2O/c21-19-14-13-17(12-11-16-8-4-3-5-9-16)18(20(19)22)10-6-1-2-7-15-23/h3-5,8-9,11-14,23H,1-2,6-7,10,15,21-22H2. The number of hydrogen-bond acceptors (Lipinski definition) is 3. The third kappa shape index (κ3) is 5.15. The molecule has 0 fully saturated rings. The first kappa shape index (κ1) is 17.1. The lowest BCUT2D eigenvalue weighted by Gasteiger charge is -2.12. The predicted octanol–water partition coefficient (Wildman–Crippen LogP) is 4.12. The summed E-state index contributed by atoms with van der Waals surface area (Å²) in [7, 11) is 0. The smallest absolute Gasteiger partial charge is 0.0586 e. The minimum Gasteiger partial charge on any atom is -0.397 e. The number of hydrogen-bond donors (Lipinski definition) is 3. The molecule has 0 bridgehead atoms. The Labute approximate surface area is 138 Å². The van der Waals surface area contributed by atoms with Gasteiger partial charge in [0.1, 0.15) is 0 Å². The molecule has 0 aromatic heterocycles. The summed E-state index contributed by atoms with van der Waals surface area (Å²) in [6.07, 6.45) is 9.18. The minimum atomic E-state index is 0.269. The molecule has 0 saturated heterocycles. The summed E-state index contributed by atoms with van der Waals surface area (Å²) in [6.45, 7) is 0.269. The summed E-state index contributed by atoms with van der Waals surface area (Å²) in [5.41, 5.74) is 16.9. The number of unbranched alkanes of at least 4 members (excludes halogenated alkanes) is 3. The lowest BCUT2D eigenvalue weighted by molar-refractivity contribution is 0.282. The highest BCUT2D eigenvalue weighted by Gasteiger charge is 2.07. The number of rotatable bonds is 8. The van der Waals surface area contributed by atoms with E-state index in [1.54, 1.807) is 0 Å². The molecule has 5 N–H and O–H groups in total. The summed E-state index contributed by atoms with van der Waals surface area (Å²) in [4.78, 5) is 0. The Morgan fingerprint density at radius 3 is 2.30 bits per heavy atom. The van der Waals surface area contributed by atoms with Crippen LogP contribution in [0.15, 0.2) is 42.5 Å². The van der Waals surface area contributed by atoms with Crippen LogP contribution in [-0.4, -0.2) is 11.7 Å². The molecule has 0 unspecified atom stereocenters. The number of aliphatic hydroxyl groups excluding tert-OH is 1. The van der Waals surface area contributed by atoms with E-state index in [1.807, 2.05) is 30.3 Å². The Morgan fingerprint density at radius 1 is 0.826 bits per heavy atom. The second kappa shape index (κ2) is 9.01. The fraction of sp³-hybridized carbons (Fsp3) is 0.300. The van der Waals surface area contributed by atoms with Crippen LogP contribution in [0.3, 0.4) is 0 Å². The molecule has 0 amide bonds. The van der Waals surface area contributed by atoms with E-state index in [0.717, 1.165) is 48.8 Å². The molecule has 0 aliphatic carbocycles. The highest BCUT2D eigenvalue weighted by molar-refractivity contribution is 5.78. The fourth-order valence-corrected chi connectivity index (χ4v) is 2.65. The second-order valence-corrected chi connectivity index (χ2v) is 5.77. The van der Waals surface area contributed by atoms with Gasteiger partial charge < -0.3 is 16.6 Å². The van der Waals surface area contributed by atoms with Gasteiger partial charge in [-0.15, -0.1) is 0 Å². The Balaban J connectivity index is 2.12. The van der Waals surface area contributed by atoms with Crippen molar-refractivity contribution in [1.29, 1.82) is 0 Å². The normalized spacial score (nSPS) is 11.2. The Bertz CT molecular complexity index is 636. The van der Waals surface area contributed by atoms with E-state index < -0.39 is 0 Å². The molecule has 0 aliphatic rings. The first-order valence-electron chi connectivity index (χ1n) is 8.23. The average molecular weight is 310 g/mol. The fourth-order valence-electron chi connectivity index (χ4n) is 2.65. The van der Waals surface area contributed by atoms with Gasteiger partial charge in [-0.3, -0.25) is 0 Å². The molecule has 0 aliphatic heterocycles. The van der Waals surface area contributed by atoms with Gasteiger partial charge in [0.05, 0.1) is 11.4 Å². The molecule has 2 aromatic rings. The largest absolute Gasteiger partial charge is 0.397 e. The molecule has 3 nitrogen and oxygen atoms in total. The van der Waals surface area contributed by atoms with E-state index >= 15 is 0 Å². The molecule has 0 atom stereocenters. The number of anilines is 2. The van der Waals surface area contributed by atoms with Crippen LogP contribution in [0.5, 0.6) is 0 Å². The van der Waals surface area contributed by atoms with Gasteiger partial charge in [0.15, 0.2) is 0 Å². The van der Waals surface area contributed by atoms with Gasteiger partial charge in [0.2, 0.25) is 0 Å². The van der Waals surface area contributed by atoms with Crippen molar-refractivity contribution >= 4 is 23.5 Å². The summed E-state index contributed by atoms with van der Waals surface area (Å²) in [5, 5.41) is 8.84. The van der Waals surface area contributed by atoms with Crippen molar-refractivity contribution in [2.45, 2.75) is 32.1 Å². The highest BCUT2D eigenvalue weighted by atomic mass is 16.2. The van der Waals surface area contributed by atoms with E-state index in [9.17, 15) is 0 Å². The molecule has 122 valence electrons. The van der Waals surface area contributed by atoms with Crippen molar-refractivity contribution in [1.82, 2.24) is 0 Å². The van der Waals surface area contributed by atoms with Crippen LogP contribution in [0.4, 0.5) is 11.4 Å². The first-order valence-corrected chi connectivity index (χ1v) is 8.23. The van der Waals surface area contributed by atoms with Crippen molar-refractivity contribution in [3.8, 4) is 0 Å². The molecule has 0 heterocycles. The van der Waals surface area contributed by atoms with Crippen molar-refractivity contribution in [3.05, 3.63) is 59.2 Å². The number of aliphatic hydroxyl groups is 1. The number of nitrogen functional groups attached to an aromatic ring is 2. The number of benzene rings is 2. The average Bonchev–Trinajstić information content (AvgIpc) is 2.58. The zero-order valence-corrected chi connectivity index (χ0v) is 13.5. The zero-order chi connectivity index (χ0) is 16.5. The van der Waals surface area contributed by atoms with Gasteiger partial charge in [-0.2, -0.15) is 0 Å². The van der Waals surface area contributed by atoms with Crippen LogP contribution >= 0.6 is 0 Å². The lowest BCUT2D eigenvalue weighted by Crippen LogP contribution is -2.02. The Kier molecular flexibility index (Phi) is 6.70. The zero-order valence-electron chi connectivity index (χ0n) is 13.5. The summed E-state index contributed by atoms with van der Waals surface area (Å²) in [6, 6.07) is 14.1. The highest BCUT2D eigenvalue weighted by Crippen LogP contribution is 2.27. The van der Waals surface area contributed by atoms with Crippen LogP contribution in [0.2, 0.25) is 0 Å². The summed E-state index contributed by atoms with van der Waals surface area (Å²) >= 11 is 0. The first-order chi connectivity index (χ1) is 11.2. The summed E-state index contributed by atoms with van der Waals surface area (Å²) in [5.74, 6) is 0. The van der Waals surface area contributed by atoms with Crippen LogP contribution in [0.1, 0.15) is 42.4 Å². The molecule has 0 radical (unpaired) electrons. The molecule has 0 saturated carbocycles. The van der Waals surface area contributed by atoms with E-state index in [4.69, 9.17) is 16.6 Å². The van der Waals surface area contributed by atoms with Gasteiger partial charge in [-0.05, 0) is 42.0 Å². The molecule has 0 spiro atoms. The third-order valence-electron chi connectivity index (χ3n) is 4.02. The second-order valence-electron chi connectivity index (χ2n) is 5.77. The van der Waals surface area contributed by atoms with Gasteiger partial charge >= 0.3 is 0 Å². The SMILES string of the molecule is Nc1ccc(C=Cc2ccccc2)c(CCCCCCO)c1N. The van der Waals surface area contributed by atoms with Crippen molar-refractivity contribution < 1.29 is 5.11 Å². The topological polar surface area (TPSA) is 72.3 Å². The molecule has 3 heteroatoms. The quantitative estimate of drug-likeness (QED) is 0.390. The maximum absolute atomic E-state index is 8.84. The predicted molar refractivity (Wildman–Crippen MR) is 99.9 cm³/mol. The molecular weight excluding hydrogens is 284 g/mol. The van der Waals surface area contributed by atoms with E-state index in [-0.39, 0.29) is 6.61 Å². The third-order valence-corrected chi connectivity index (χ3v) is 4.02. The Hall–Kier alpha value is -2.26. The van der Waals surface area contributed by atoms with Gasteiger partial charge in [-0.1, -0.05) is 61.4 Å².